The van der Waals surface area contributed by atoms with E-state index in [-0.39, 0.29) is 0 Å². The van der Waals surface area contributed by atoms with Crippen LogP contribution in [0.25, 0.3) is 0 Å². The normalized spacial score (nSPS) is 21.7. The van der Waals surface area contributed by atoms with E-state index in [1.54, 1.807) is 0 Å². The molecule has 1 fully saturated rings. The second kappa shape index (κ2) is 6.07. The van der Waals surface area contributed by atoms with E-state index in [0.717, 1.165) is 38.3 Å². The quantitative estimate of drug-likeness (QED) is 0.865. The molecule has 124 valence electrons. The minimum absolute atomic E-state index is 0.545. The van der Waals surface area contributed by atoms with Crippen LogP contribution in [0.5, 0.6) is 0 Å². The van der Waals surface area contributed by atoms with Gasteiger partial charge in [-0.05, 0) is 45.7 Å². The summed E-state index contributed by atoms with van der Waals surface area (Å²) < 4.78 is 4.50. The van der Waals surface area contributed by atoms with Crippen molar-refractivity contribution >= 4 is 0 Å². The van der Waals surface area contributed by atoms with Gasteiger partial charge < -0.3 is 9.47 Å². The predicted molar refractivity (Wildman–Crippen MR) is 88.5 cm³/mol. The maximum absolute atomic E-state index is 4.57. The molecule has 0 radical (unpaired) electrons. The van der Waals surface area contributed by atoms with Crippen LogP contribution in [0.2, 0.25) is 0 Å². The molecule has 0 aliphatic carbocycles. The van der Waals surface area contributed by atoms with E-state index in [9.17, 15) is 0 Å². The zero-order chi connectivity index (χ0) is 15.8. The number of hydrogen-bond acceptors (Lipinski definition) is 4. The average molecular weight is 314 g/mol. The van der Waals surface area contributed by atoms with E-state index in [1.807, 2.05) is 0 Å². The molecule has 6 heteroatoms. The van der Waals surface area contributed by atoms with Crippen LogP contribution in [0.3, 0.4) is 0 Å². The first-order chi connectivity index (χ1) is 11.2. The molecule has 23 heavy (non-hydrogen) atoms. The SMILES string of the molecule is Cc1cc(C)n(CCN2CCC[C@@H](c3nnc4n3CCC4)C2)n1. The van der Waals surface area contributed by atoms with E-state index in [2.05, 4.69) is 49.4 Å². The summed E-state index contributed by atoms with van der Waals surface area (Å²) in [4.78, 5) is 2.57. The minimum atomic E-state index is 0.545. The van der Waals surface area contributed by atoms with Crippen molar-refractivity contribution in [1.29, 1.82) is 0 Å². The lowest BCUT2D eigenvalue weighted by Gasteiger charge is -2.32. The fraction of sp³-hybridized carbons (Fsp3) is 0.706. The van der Waals surface area contributed by atoms with Crippen molar-refractivity contribution in [3.63, 3.8) is 0 Å². The third-order valence-electron chi connectivity index (χ3n) is 5.24. The molecule has 6 nitrogen and oxygen atoms in total. The maximum atomic E-state index is 4.57. The standard InChI is InChI=1S/C17H26N6/c1-13-11-14(2)23(20-13)10-9-21-7-3-5-15(12-21)17-19-18-16-6-4-8-22(16)17/h11,15H,3-10,12H2,1-2H3/t15-/m1/s1. The fourth-order valence-corrected chi connectivity index (χ4v) is 4.08. The largest absolute Gasteiger partial charge is 0.315 e. The zero-order valence-corrected chi connectivity index (χ0v) is 14.2. The molecule has 0 N–H and O–H groups in total. The van der Waals surface area contributed by atoms with E-state index >= 15 is 0 Å². The van der Waals surface area contributed by atoms with Gasteiger partial charge in [0.15, 0.2) is 0 Å². The molecule has 0 amide bonds. The lowest BCUT2D eigenvalue weighted by atomic mass is 9.97. The van der Waals surface area contributed by atoms with Gasteiger partial charge in [0.2, 0.25) is 0 Å². The van der Waals surface area contributed by atoms with E-state index < -0.39 is 0 Å². The van der Waals surface area contributed by atoms with Gasteiger partial charge in [0.25, 0.3) is 0 Å². The molecular weight excluding hydrogens is 288 g/mol. The van der Waals surface area contributed by atoms with Crippen molar-refractivity contribution in [1.82, 2.24) is 29.4 Å². The van der Waals surface area contributed by atoms with Crippen LogP contribution in [-0.4, -0.2) is 49.1 Å². The molecule has 0 aromatic carbocycles. The Morgan fingerprint density at radius 2 is 2.04 bits per heavy atom. The number of nitrogens with zero attached hydrogens (tertiary/aromatic N) is 6. The first kappa shape index (κ1) is 14.9. The summed E-state index contributed by atoms with van der Waals surface area (Å²) in [7, 11) is 0. The second-order valence-corrected chi connectivity index (χ2v) is 7.02. The Labute approximate surface area is 137 Å². The predicted octanol–water partition coefficient (Wildman–Crippen LogP) is 1.92. The van der Waals surface area contributed by atoms with Gasteiger partial charge in [0.05, 0.1) is 12.2 Å². The van der Waals surface area contributed by atoms with Gasteiger partial charge in [-0.3, -0.25) is 4.68 Å². The van der Waals surface area contributed by atoms with Crippen LogP contribution < -0.4 is 0 Å². The Kier molecular flexibility index (Phi) is 3.93. The lowest BCUT2D eigenvalue weighted by molar-refractivity contribution is 0.193. The smallest absolute Gasteiger partial charge is 0.137 e. The fourth-order valence-electron chi connectivity index (χ4n) is 4.08. The summed E-state index contributed by atoms with van der Waals surface area (Å²) in [5.41, 5.74) is 2.37. The van der Waals surface area contributed by atoms with Gasteiger partial charge in [-0.15, -0.1) is 10.2 Å². The molecule has 0 spiro atoms. The van der Waals surface area contributed by atoms with Crippen LogP contribution >= 0.6 is 0 Å². The summed E-state index contributed by atoms with van der Waals surface area (Å²) >= 11 is 0. The molecule has 2 aliphatic rings. The first-order valence-electron chi connectivity index (χ1n) is 8.86. The van der Waals surface area contributed by atoms with Gasteiger partial charge in [-0.25, -0.2) is 0 Å². The van der Waals surface area contributed by atoms with E-state index in [4.69, 9.17) is 0 Å². The van der Waals surface area contributed by atoms with Crippen molar-refractivity contribution < 1.29 is 0 Å². The third kappa shape index (κ3) is 2.92. The first-order valence-corrected chi connectivity index (χ1v) is 8.86. The summed E-state index contributed by atoms with van der Waals surface area (Å²) in [5, 5.41) is 13.5. The number of hydrogen-bond donors (Lipinski definition) is 0. The van der Waals surface area contributed by atoms with Gasteiger partial charge in [0.1, 0.15) is 11.6 Å². The van der Waals surface area contributed by atoms with Crippen molar-refractivity contribution in [2.75, 3.05) is 19.6 Å². The highest BCUT2D eigenvalue weighted by atomic mass is 15.3. The topological polar surface area (TPSA) is 51.8 Å². The summed E-state index contributed by atoms with van der Waals surface area (Å²) in [6.07, 6.45) is 4.83. The molecular formula is C17H26N6. The average Bonchev–Trinajstić information content (AvgIpc) is 3.21. The zero-order valence-electron chi connectivity index (χ0n) is 14.2. The summed E-state index contributed by atoms with van der Waals surface area (Å²) in [6, 6.07) is 2.15. The van der Waals surface area contributed by atoms with Crippen LogP contribution in [0, 0.1) is 13.8 Å². The molecule has 0 unspecified atom stereocenters. The monoisotopic (exact) mass is 314 g/mol. The van der Waals surface area contributed by atoms with Crippen molar-refractivity contribution in [3.05, 3.63) is 29.1 Å². The molecule has 1 saturated heterocycles. The number of aryl methyl sites for hydroxylation is 3. The van der Waals surface area contributed by atoms with Crippen molar-refractivity contribution in [3.8, 4) is 0 Å². The van der Waals surface area contributed by atoms with Crippen LogP contribution in [0.1, 0.15) is 48.2 Å². The van der Waals surface area contributed by atoms with E-state index in [1.165, 1.54) is 43.1 Å². The van der Waals surface area contributed by atoms with Gasteiger partial charge in [-0.1, -0.05) is 0 Å². The molecule has 1 atom stereocenters. The van der Waals surface area contributed by atoms with Gasteiger partial charge >= 0.3 is 0 Å². The minimum Gasteiger partial charge on any atom is -0.315 e. The molecule has 2 aromatic heterocycles. The highest BCUT2D eigenvalue weighted by molar-refractivity contribution is 5.08. The summed E-state index contributed by atoms with van der Waals surface area (Å²) in [5.74, 6) is 2.97. The number of fused-ring (bicyclic) bond motifs is 1. The molecule has 0 saturated carbocycles. The highest BCUT2D eigenvalue weighted by Gasteiger charge is 2.28. The number of likely N-dealkylation sites (tertiary alicyclic amines) is 1. The van der Waals surface area contributed by atoms with Gasteiger partial charge in [-0.2, -0.15) is 5.10 Å². The van der Waals surface area contributed by atoms with Crippen LogP contribution in [0.15, 0.2) is 6.07 Å². The Morgan fingerprint density at radius 3 is 2.87 bits per heavy atom. The molecule has 2 aromatic rings. The number of piperidine rings is 1. The Balaban J connectivity index is 1.40. The number of aromatic nitrogens is 5. The lowest BCUT2D eigenvalue weighted by Crippen LogP contribution is -2.37. The molecule has 4 rings (SSSR count). The Bertz CT molecular complexity index is 685. The molecule has 0 bridgehead atoms. The van der Waals surface area contributed by atoms with Gasteiger partial charge in [0, 0.05) is 37.7 Å². The third-order valence-corrected chi connectivity index (χ3v) is 5.24. The van der Waals surface area contributed by atoms with Crippen molar-refractivity contribution in [2.45, 2.75) is 58.5 Å². The van der Waals surface area contributed by atoms with Crippen LogP contribution in [-0.2, 0) is 19.5 Å². The van der Waals surface area contributed by atoms with Crippen molar-refractivity contribution in [2.24, 2.45) is 0 Å². The van der Waals surface area contributed by atoms with E-state index in [0.29, 0.717) is 5.92 Å². The second-order valence-electron chi connectivity index (χ2n) is 7.02. The molecule has 4 heterocycles. The Morgan fingerprint density at radius 1 is 1.13 bits per heavy atom. The molecule has 2 aliphatic heterocycles. The number of rotatable bonds is 4. The highest BCUT2D eigenvalue weighted by Crippen LogP contribution is 2.28. The van der Waals surface area contributed by atoms with Crippen LogP contribution in [0.4, 0.5) is 0 Å². The maximum Gasteiger partial charge on any atom is 0.137 e. The Hall–Kier alpha value is -1.69. The summed E-state index contributed by atoms with van der Waals surface area (Å²) in [6.45, 7) is 9.66.